The maximum absolute atomic E-state index is 11.7. The molecular weight excluding hydrogens is 352 g/mol. The molecule has 2 aliphatic rings. The van der Waals surface area contributed by atoms with Gasteiger partial charge in [-0.05, 0) is 6.07 Å². The van der Waals surface area contributed by atoms with Crippen LogP contribution in [0.1, 0.15) is 0 Å². The summed E-state index contributed by atoms with van der Waals surface area (Å²) in [6.07, 6.45) is 0.986. The lowest BCUT2D eigenvalue weighted by Crippen LogP contribution is -2.53. The molecule has 1 aromatic carbocycles. The van der Waals surface area contributed by atoms with Gasteiger partial charge in [-0.15, -0.1) is 0 Å². The van der Waals surface area contributed by atoms with Crippen molar-refractivity contribution >= 4 is 15.7 Å². The van der Waals surface area contributed by atoms with Gasteiger partial charge in [0.2, 0.25) is 0 Å². The Morgan fingerprint density at radius 3 is 2.38 bits per heavy atom. The van der Waals surface area contributed by atoms with Crippen LogP contribution in [0.5, 0.6) is 0 Å². The zero-order valence-corrected chi connectivity index (χ0v) is 15.2. The molecular formula is C18H22N4O3S. The third-order valence-corrected chi connectivity index (χ3v) is 6.77. The summed E-state index contributed by atoms with van der Waals surface area (Å²) in [5, 5.41) is 10.1. The predicted molar refractivity (Wildman–Crippen MR) is 99.7 cm³/mol. The Labute approximate surface area is 153 Å². The van der Waals surface area contributed by atoms with Gasteiger partial charge in [0.25, 0.3) is 0 Å². The number of hydrogen-bond acceptors (Lipinski definition) is 7. The molecule has 138 valence electrons. The predicted octanol–water partition coefficient (Wildman–Crippen LogP) is 0.423. The second-order valence-corrected chi connectivity index (χ2v) is 8.99. The summed E-state index contributed by atoms with van der Waals surface area (Å²) in [6.45, 7) is 2.91. The molecule has 8 heteroatoms. The molecule has 0 bridgehead atoms. The van der Waals surface area contributed by atoms with E-state index in [1.807, 2.05) is 36.4 Å². The van der Waals surface area contributed by atoms with E-state index in [0.717, 1.165) is 24.5 Å². The number of nitrogens with zero attached hydrogens (tertiary/aromatic N) is 4. The molecule has 1 N–H and O–H groups in total. The fourth-order valence-corrected chi connectivity index (χ4v) is 5.53. The standard InChI is InChI=1S/C18H22N4O3S/c23-16-13-26(24,25)12-15(16)21-8-10-22(11-9-21)17-6-7-19-18(20-17)14-4-2-1-3-5-14/h1-7,15-16,23H,8-13H2/t15-,16-/m1/s1. The Morgan fingerprint density at radius 2 is 1.73 bits per heavy atom. The third kappa shape index (κ3) is 3.58. The summed E-state index contributed by atoms with van der Waals surface area (Å²) >= 11 is 0. The number of anilines is 1. The zero-order valence-electron chi connectivity index (χ0n) is 14.4. The average molecular weight is 374 g/mol. The fraction of sp³-hybridized carbons (Fsp3) is 0.444. The lowest BCUT2D eigenvalue weighted by molar-refractivity contribution is 0.0792. The van der Waals surface area contributed by atoms with Crippen LogP contribution in [0, 0.1) is 0 Å². The van der Waals surface area contributed by atoms with Gasteiger partial charge < -0.3 is 10.0 Å². The van der Waals surface area contributed by atoms with Crippen LogP contribution in [0.2, 0.25) is 0 Å². The first kappa shape index (κ1) is 17.4. The van der Waals surface area contributed by atoms with Crippen molar-refractivity contribution in [3.63, 3.8) is 0 Å². The highest BCUT2D eigenvalue weighted by atomic mass is 32.2. The highest BCUT2D eigenvalue weighted by molar-refractivity contribution is 7.91. The molecule has 0 aliphatic carbocycles. The molecule has 1 aromatic heterocycles. The van der Waals surface area contributed by atoms with Crippen LogP contribution in [-0.4, -0.2) is 78.2 Å². The SMILES string of the molecule is O=S1(=O)C[C@@H](O)[C@H](N2CCN(c3ccnc(-c4ccccc4)n3)CC2)C1. The van der Waals surface area contributed by atoms with Crippen LogP contribution in [0.3, 0.4) is 0 Å². The van der Waals surface area contributed by atoms with Gasteiger partial charge in [-0.25, -0.2) is 18.4 Å². The Morgan fingerprint density at radius 1 is 1.00 bits per heavy atom. The molecule has 0 spiro atoms. The minimum Gasteiger partial charge on any atom is -0.390 e. The van der Waals surface area contributed by atoms with Crippen LogP contribution in [-0.2, 0) is 9.84 Å². The molecule has 3 heterocycles. The summed E-state index contributed by atoms with van der Waals surface area (Å²) in [7, 11) is -3.12. The van der Waals surface area contributed by atoms with E-state index >= 15 is 0 Å². The van der Waals surface area contributed by atoms with Crippen LogP contribution < -0.4 is 4.90 Å². The molecule has 2 aliphatic heterocycles. The monoisotopic (exact) mass is 374 g/mol. The van der Waals surface area contributed by atoms with E-state index in [2.05, 4.69) is 19.8 Å². The molecule has 2 atom stereocenters. The van der Waals surface area contributed by atoms with E-state index in [1.54, 1.807) is 6.20 Å². The van der Waals surface area contributed by atoms with E-state index in [9.17, 15) is 13.5 Å². The lowest BCUT2D eigenvalue weighted by Gasteiger charge is -2.39. The van der Waals surface area contributed by atoms with Crippen molar-refractivity contribution < 1.29 is 13.5 Å². The number of benzene rings is 1. The van der Waals surface area contributed by atoms with Crippen molar-refractivity contribution in [2.75, 3.05) is 42.6 Å². The van der Waals surface area contributed by atoms with Crippen LogP contribution >= 0.6 is 0 Å². The summed E-state index contributed by atoms with van der Waals surface area (Å²) in [6, 6.07) is 11.5. The van der Waals surface area contributed by atoms with Crippen molar-refractivity contribution in [1.29, 1.82) is 0 Å². The Bertz CT molecular complexity index is 867. The fourth-order valence-electron chi connectivity index (χ4n) is 3.69. The maximum Gasteiger partial charge on any atom is 0.161 e. The molecule has 0 saturated carbocycles. The van der Waals surface area contributed by atoms with E-state index in [4.69, 9.17) is 0 Å². The molecule has 0 amide bonds. The molecule has 2 saturated heterocycles. The number of hydrogen-bond donors (Lipinski definition) is 1. The topological polar surface area (TPSA) is 86.6 Å². The van der Waals surface area contributed by atoms with Crippen molar-refractivity contribution in [3.05, 3.63) is 42.6 Å². The molecule has 2 aromatic rings. The smallest absolute Gasteiger partial charge is 0.161 e. The molecule has 2 fully saturated rings. The minimum absolute atomic E-state index is 0.0554. The highest BCUT2D eigenvalue weighted by Gasteiger charge is 2.40. The number of aliphatic hydroxyl groups excluding tert-OH is 1. The summed E-state index contributed by atoms with van der Waals surface area (Å²) in [5.74, 6) is 1.50. The van der Waals surface area contributed by atoms with E-state index in [1.165, 1.54) is 0 Å². The first-order chi connectivity index (χ1) is 12.5. The molecule has 26 heavy (non-hydrogen) atoms. The Kier molecular flexibility index (Phi) is 4.64. The van der Waals surface area contributed by atoms with Gasteiger partial charge >= 0.3 is 0 Å². The Hall–Kier alpha value is -2.03. The van der Waals surface area contributed by atoms with E-state index in [0.29, 0.717) is 18.9 Å². The number of aliphatic hydroxyl groups is 1. The van der Waals surface area contributed by atoms with Gasteiger partial charge in [0.15, 0.2) is 15.7 Å². The number of aromatic nitrogens is 2. The molecule has 4 rings (SSSR count). The van der Waals surface area contributed by atoms with Gasteiger partial charge in [0, 0.05) is 37.9 Å². The first-order valence-corrected chi connectivity index (χ1v) is 10.6. The van der Waals surface area contributed by atoms with Crippen LogP contribution in [0.4, 0.5) is 5.82 Å². The normalized spacial score (nSPS) is 26.1. The first-order valence-electron chi connectivity index (χ1n) is 8.78. The van der Waals surface area contributed by atoms with Crippen molar-refractivity contribution in [2.24, 2.45) is 0 Å². The van der Waals surface area contributed by atoms with E-state index in [-0.39, 0.29) is 17.5 Å². The largest absolute Gasteiger partial charge is 0.390 e. The van der Waals surface area contributed by atoms with Gasteiger partial charge in [-0.2, -0.15) is 0 Å². The van der Waals surface area contributed by atoms with Gasteiger partial charge in [-0.1, -0.05) is 30.3 Å². The van der Waals surface area contributed by atoms with Crippen molar-refractivity contribution in [3.8, 4) is 11.4 Å². The second-order valence-electron chi connectivity index (χ2n) is 6.84. The van der Waals surface area contributed by atoms with E-state index < -0.39 is 15.9 Å². The summed E-state index contributed by atoms with van der Waals surface area (Å²) in [4.78, 5) is 13.3. The quantitative estimate of drug-likeness (QED) is 0.833. The van der Waals surface area contributed by atoms with Gasteiger partial charge in [0.1, 0.15) is 5.82 Å². The number of sulfone groups is 1. The average Bonchev–Trinajstić information content (AvgIpc) is 2.95. The van der Waals surface area contributed by atoms with Gasteiger partial charge in [-0.3, -0.25) is 4.90 Å². The molecule has 0 radical (unpaired) electrons. The number of rotatable bonds is 3. The third-order valence-electron chi connectivity index (χ3n) is 5.07. The minimum atomic E-state index is -3.12. The number of piperazine rings is 1. The van der Waals surface area contributed by atoms with Crippen molar-refractivity contribution in [1.82, 2.24) is 14.9 Å². The zero-order chi connectivity index (χ0) is 18.1. The lowest BCUT2D eigenvalue weighted by atomic mass is 10.1. The van der Waals surface area contributed by atoms with Crippen molar-refractivity contribution in [2.45, 2.75) is 12.1 Å². The second kappa shape index (κ2) is 6.94. The maximum atomic E-state index is 11.7. The van der Waals surface area contributed by atoms with Crippen LogP contribution in [0.25, 0.3) is 11.4 Å². The summed E-state index contributed by atoms with van der Waals surface area (Å²) < 4.78 is 23.5. The summed E-state index contributed by atoms with van der Waals surface area (Å²) in [5.41, 5.74) is 0.979. The Balaban J connectivity index is 1.44. The highest BCUT2D eigenvalue weighted by Crippen LogP contribution is 2.23. The molecule has 7 nitrogen and oxygen atoms in total. The van der Waals surface area contributed by atoms with Gasteiger partial charge in [0.05, 0.1) is 23.7 Å². The van der Waals surface area contributed by atoms with Crippen LogP contribution in [0.15, 0.2) is 42.6 Å². The molecule has 0 unspecified atom stereocenters.